The van der Waals surface area contributed by atoms with E-state index in [4.69, 9.17) is 4.74 Å². The van der Waals surface area contributed by atoms with Crippen LogP contribution in [0.15, 0.2) is 49.6 Å². The Hall–Kier alpha value is -2.30. The number of thioether (sulfide) groups is 1. The second-order valence-electron chi connectivity index (χ2n) is 9.88. The summed E-state index contributed by atoms with van der Waals surface area (Å²) in [7, 11) is 3.29. The molecule has 2 bridgehead atoms. The van der Waals surface area contributed by atoms with Crippen molar-refractivity contribution in [2.75, 3.05) is 38.8 Å². The van der Waals surface area contributed by atoms with E-state index in [0.29, 0.717) is 24.4 Å². The minimum atomic E-state index is -0.841. The first kappa shape index (κ1) is 27.7. The van der Waals surface area contributed by atoms with E-state index in [1.807, 2.05) is 0 Å². The fraction of sp³-hybridized carbons (Fsp3) is 0.519. The molecular formula is C27H34BrN3O5S. The highest BCUT2D eigenvalue weighted by Crippen LogP contribution is 2.68. The van der Waals surface area contributed by atoms with Crippen molar-refractivity contribution < 1.29 is 24.2 Å². The molecule has 1 N–H and O–H groups in total. The van der Waals surface area contributed by atoms with Crippen LogP contribution in [0.2, 0.25) is 0 Å². The van der Waals surface area contributed by atoms with Crippen LogP contribution in [0, 0.1) is 11.8 Å². The Labute approximate surface area is 230 Å². The number of hydrogen-bond acceptors (Lipinski definition) is 6. The first-order chi connectivity index (χ1) is 17.7. The van der Waals surface area contributed by atoms with Gasteiger partial charge in [-0.05, 0) is 37.6 Å². The Bertz CT molecular complexity index is 1080. The summed E-state index contributed by atoms with van der Waals surface area (Å²) in [5.74, 6) is -1.17. The van der Waals surface area contributed by atoms with Crippen molar-refractivity contribution >= 4 is 51.1 Å². The Morgan fingerprint density at radius 1 is 1.27 bits per heavy atom. The van der Waals surface area contributed by atoms with Gasteiger partial charge in [0.05, 0.1) is 36.3 Å². The van der Waals surface area contributed by atoms with Crippen molar-refractivity contribution in [1.29, 1.82) is 0 Å². The molecule has 3 unspecified atom stereocenters. The van der Waals surface area contributed by atoms with Crippen LogP contribution in [0.4, 0.5) is 5.69 Å². The van der Waals surface area contributed by atoms with E-state index in [9.17, 15) is 19.5 Å². The number of rotatable bonds is 10. The number of methoxy groups -OCH3 is 1. The lowest BCUT2D eigenvalue weighted by atomic mass is 9.70. The van der Waals surface area contributed by atoms with Gasteiger partial charge >= 0.3 is 0 Å². The van der Waals surface area contributed by atoms with Crippen LogP contribution in [0.1, 0.15) is 13.3 Å². The lowest BCUT2D eigenvalue weighted by Crippen LogP contribution is -2.57. The van der Waals surface area contributed by atoms with Gasteiger partial charge < -0.3 is 24.5 Å². The zero-order valence-electron chi connectivity index (χ0n) is 21.4. The number of fused-ring (bicyclic) bond motifs is 1. The number of aliphatic hydroxyl groups is 1. The third kappa shape index (κ3) is 4.40. The number of anilines is 1. The minimum Gasteiger partial charge on any atom is -0.497 e. The van der Waals surface area contributed by atoms with Crippen LogP contribution >= 0.6 is 27.7 Å². The van der Waals surface area contributed by atoms with Gasteiger partial charge in [0, 0.05) is 35.9 Å². The summed E-state index contributed by atoms with van der Waals surface area (Å²) < 4.78 is 4.48. The Kier molecular flexibility index (Phi) is 8.11. The monoisotopic (exact) mass is 591 g/mol. The van der Waals surface area contributed by atoms with Crippen molar-refractivity contribution in [1.82, 2.24) is 9.80 Å². The molecule has 0 radical (unpaired) electrons. The van der Waals surface area contributed by atoms with Crippen LogP contribution in [0.5, 0.6) is 5.75 Å². The molecule has 1 aromatic rings. The zero-order chi connectivity index (χ0) is 27.1. The van der Waals surface area contributed by atoms with Crippen molar-refractivity contribution in [2.45, 2.75) is 40.3 Å². The van der Waals surface area contributed by atoms with Gasteiger partial charge in [-0.3, -0.25) is 14.4 Å². The fourth-order valence-electron chi connectivity index (χ4n) is 6.09. The lowest BCUT2D eigenvalue weighted by molar-refractivity contribution is -0.144. The molecule has 3 aliphatic rings. The van der Waals surface area contributed by atoms with E-state index >= 15 is 0 Å². The molecule has 0 aliphatic carbocycles. The zero-order valence-corrected chi connectivity index (χ0v) is 23.8. The highest BCUT2D eigenvalue weighted by atomic mass is 79.9. The summed E-state index contributed by atoms with van der Waals surface area (Å²) in [5, 5.41) is 9.96. The van der Waals surface area contributed by atoms with Crippen LogP contribution in [-0.4, -0.2) is 93.4 Å². The number of likely N-dealkylation sites (N-methyl/N-ethyl adjacent to an activating group) is 1. The minimum absolute atomic E-state index is 0.0267. The van der Waals surface area contributed by atoms with E-state index in [2.05, 4.69) is 29.1 Å². The lowest BCUT2D eigenvalue weighted by Gasteiger charge is -2.39. The molecule has 3 heterocycles. The van der Waals surface area contributed by atoms with Crippen LogP contribution < -0.4 is 9.64 Å². The maximum absolute atomic E-state index is 14.4. The molecule has 3 fully saturated rings. The number of ether oxygens (including phenoxy) is 1. The molecule has 1 aromatic carbocycles. The predicted molar refractivity (Wildman–Crippen MR) is 149 cm³/mol. The molecule has 0 saturated carbocycles. The Morgan fingerprint density at radius 3 is 2.49 bits per heavy atom. The molecule has 10 heteroatoms. The SMILES string of the molecule is C=CCN(C)C(=O)[C@H]1[C@H]2C(=O)N([C@H](C)CO)C(C(=O)N(CC=C)c3ccc(OC)cc3)C23CC(Br)[C@@H]1S3. The Morgan fingerprint density at radius 2 is 1.92 bits per heavy atom. The highest BCUT2D eigenvalue weighted by molar-refractivity contribution is 9.09. The molecule has 3 amide bonds. The largest absolute Gasteiger partial charge is 0.497 e. The molecule has 3 saturated heterocycles. The molecule has 7 atom stereocenters. The van der Waals surface area contributed by atoms with Crippen LogP contribution in [0.3, 0.4) is 0 Å². The van der Waals surface area contributed by atoms with Crippen LogP contribution in [-0.2, 0) is 14.4 Å². The van der Waals surface area contributed by atoms with E-state index in [0.717, 1.165) is 0 Å². The summed E-state index contributed by atoms with van der Waals surface area (Å²) in [6, 6.07) is 5.74. The average molecular weight is 593 g/mol. The first-order valence-electron chi connectivity index (χ1n) is 12.3. The number of carbonyl (C=O) groups excluding carboxylic acids is 3. The van der Waals surface area contributed by atoms with Gasteiger partial charge in [-0.1, -0.05) is 28.1 Å². The van der Waals surface area contributed by atoms with Gasteiger partial charge in [0.1, 0.15) is 11.8 Å². The summed E-state index contributed by atoms with van der Waals surface area (Å²) >= 11 is 5.36. The number of aliphatic hydroxyl groups excluding tert-OH is 1. The number of alkyl halides is 1. The number of halogens is 1. The number of hydrogen-bond donors (Lipinski definition) is 1. The molecule has 3 aliphatic heterocycles. The Balaban J connectivity index is 1.80. The van der Waals surface area contributed by atoms with Gasteiger partial charge in [-0.15, -0.1) is 24.9 Å². The number of likely N-dealkylation sites (tertiary alicyclic amines) is 1. The normalized spacial score (nSPS) is 30.6. The first-order valence-corrected chi connectivity index (χ1v) is 14.1. The standard InChI is InChI=1S/C27H34BrN3O5S/c1-6-12-29(4)24(33)20-21-25(34)31(16(3)15-32)23(27(21)14-19(28)22(20)37-27)26(35)30(13-7-2)17-8-10-18(36-5)11-9-17/h6-11,16,19-23,32H,1-2,12-15H2,3-5H3/t16-,19?,20+,21+,22+,23?,27?/m1/s1. The van der Waals surface area contributed by atoms with Gasteiger partial charge in [0.15, 0.2) is 0 Å². The maximum Gasteiger partial charge on any atom is 0.251 e. The van der Waals surface area contributed by atoms with E-state index < -0.39 is 28.7 Å². The van der Waals surface area contributed by atoms with E-state index in [1.54, 1.807) is 79.1 Å². The summed E-state index contributed by atoms with van der Waals surface area (Å²) in [5.41, 5.74) is 0.654. The van der Waals surface area contributed by atoms with Gasteiger partial charge in [0.25, 0.3) is 5.91 Å². The van der Waals surface area contributed by atoms with Crippen molar-refractivity contribution in [2.24, 2.45) is 11.8 Å². The molecule has 8 nitrogen and oxygen atoms in total. The number of amides is 3. The third-order valence-corrected chi connectivity index (χ3v) is 10.9. The van der Waals surface area contributed by atoms with Crippen molar-refractivity contribution in [3.8, 4) is 5.75 Å². The van der Waals surface area contributed by atoms with Gasteiger partial charge in [-0.2, -0.15) is 0 Å². The second-order valence-corrected chi connectivity index (χ2v) is 12.6. The molecule has 1 spiro atoms. The van der Waals surface area contributed by atoms with E-state index in [1.165, 1.54) is 4.90 Å². The van der Waals surface area contributed by atoms with Crippen molar-refractivity contribution in [3.63, 3.8) is 0 Å². The van der Waals surface area contributed by atoms with Crippen LogP contribution in [0.25, 0.3) is 0 Å². The molecule has 4 rings (SSSR count). The average Bonchev–Trinajstić information content (AvgIpc) is 3.49. The maximum atomic E-state index is 14.4. The topological polar surface area (TPSA) is 90.4 Å². The second kappa shape index (κ2) is 10.8. The number of benzene rings is 1. The number of nitrogens with zero attached hydrogens (tertiary/aromatic N) is 3. The highest BCUT2D eigenvalue weighted by Gasteiger charge is 2.76. The number of carbonyl (C=O) groups is 3. The molecule has 37 heavy (non-hydrogen) atoms. The van der Waals surface area contributed by atoms with Crippen molar-refractivity contribution in [3.05, 3.63) is 49.6 Å². The summed E-state index contributed by atoms with van der Waals surface area (Å²) in [6.45, 7) is 9.64. The molecular weight excluding hydrogens is 558 g/mol. The smallest absolute Gasteiger partial charge is 0.251 e. The summed E-state index contributed by atoms with van der Waals surface area (Å²) in [4.78, 5) is 46.8. The quantitative estimate of drug-likeness (QED) is 0.332. The van der Waals surface area contributed by atoms with Gasteiger partial charge in [0.2, 0.25) is 11.8 Å². The molecule has 200 valence electrons. The fourth-order valence-corrected chi connectivity index (χ4v) is 9.68. The predicted octanol–water partition coefficient (Wildman–Crippen LogP) is 2.70. The summed E-state index contributed by atoms with van der Waals surface area (Å²) in [6.07, 6.45) is 3.88. The van der Waals surface area contributed by atoms with E-state index in [-0.39, 0.29) is 41.0 Å². The van der Waals surface area contributed by atoms with Gasteiger partial charge in [-0.25, -0.2) is 0 Å². The molecule has 0 aromatic heterocycles. The third-order valence-electron chi connectivity index (χ3n) is 7.73.